The fraction of sp³-hybridized carbons (Fsp3) is 0.261. The summed E-state index contributed by atoms with van der Waals surface area (Å²) in [4.78, 5) is 12.7. The van der Waals surface area contributed by atoms with E-state index >= 15 is 0 Å². The van der Waals surface area contributed by atoms with Crippen LogP contribution in [-0.2, 0) is 4.79 Å². The van der Waals surface area contributed by atoms with Gasteiger partial charge in [0.25, 0.3) is 5.91 Å². The summed E-state index contributed by atoms with van der Waals surface area (Å²) in [5, 5.41) is 5.12. The first-order valence-corrected chi connectivity index (χ1v) is 9.01. The van der Waals surface area contributed by atoms with Gasteiger partial charge in [0.05, 0.1) is 0 Å². The number of carbonyl (C=O) groups excluding carboxylic acids is 1. The average molecular weight is 347 g/mol. The third kappa shape index (κ3) is 3.88. The van der Waals surface area contributed by atoms with Crippen LogP contribution in [0.1, 0.15) is 37.8 Å². The van der Waals surface area contributed by atoms with Gasteiger partial charge in [-0.05, 0) is 48.4 Å². The Labute approximate surface area is 155 Å². The second kappa shape index (κ2) is 7.61. The maximum atomic E-state index is 12.7. The number of nitrogens with one attached hydrogen (secondary N) is 1. The van der Waals surface area contributed by atoms with Crippen LogP contribution in [0, 0.1) is 6.92 Å². The average Bonchev–Trinajstić information content (AvgIpc) is 2.61. The highest BCUT2D eigenvalue weighted by Gasteiger charge is 2.18. The van der Waals surface area contributed by atoms with Crippen molar-refractivity contribution < 1.29 is 9.53 Å². The van der Waals surface area contributed by atoms with Crippen LogP contribution in [0.15, 0.2) is 60.7 Å². The van der Waals surface area contributed by atoms with E-state index in [9.17, 15) is 4.79 Å². The summed E-state index contributed by atoms with van der Waals surface area (Å²) in [6, 6.07) is 20.0. The summed E-state index contributed by atoms with van der Waals surface area (Å²) in [7, 11) is 0. The van der Waals surface area contributed by atoms with Crippen molar-refractivity contribution in [3.63, 3.8) is 0 Å². The molecule has 0 aliphatic rings. The highest BCUT2D eigenvalue weighted by atomic mass is 16.5. The van der Waals surface area contributed by atoms with Crippen LogP contribution in [0.3, 0.4) is 0 Å². The van der Waals surface area contributed by atoms with Gasteiger partial charge >= 0.3 is 0 Å². The van der Waals surface area contributed by atoms with E-state index in [4.69, 9.17) is 4.74 Å². The molecule has 1 amide bonds. The number of benzene rings is 3. The fourth-order valence-corrected chi connectivity index (χ4v) is 3.03. The maximum Gasteiger partial charge on any atom is 0.265 e. The lowest BCUT2D eigenvalue weighted by molar-refractivity contribution is -0.122. The Morgan fingerprint density at radius 1 is 0.962 bits per heavy atom. The lowest BCUT2D eigenvalue weighted by atomic mass is 10.0. The summed E-state index contributed by atoms with van der Waals surface area (Å²) in [6.07, 6.45) is -0.590. The molecule has 134 valence electrons. The normalized spacial score (nSPS) is 12.2. The molecule has 3 rings (SSSR count). The smallest absolute Gasteiger partial charge is 0.265 e. The first kappa shape index (κ1) is 18.0. The predicted octanol–water partition coefficient (Wildman–Crippen LogP) is 5.68. The van der Waals surface area contributed by atoms with Crippen LogP contribution < -0.4 is 10.1 Å². The maximum absolute atomic E-state index is 12.7. The van der Waals surface area contributed by atoms with Crippen LogP contribution in [0.2, 0.25) is 0 Å². The molecular weight excluding hydrogens is 322 g/mol. The van der Waals surface area contributed by atoms with Crippen molar-refractivity contribution in [3.05, 3.63) is 71.8 Å². The van der Waals surface area contributed by atoms with Crippen molar-refractivity contribution in [1.29, 1.82) is 0 Å². The van der Waals surface area contributed by atoms with Gasteiger partial charge in [0.1, 0.15) is 5.75 Å². The highest BCUT2D eigenvalue weighted by Crippen LogP contribution is 2.29. The summed E-state index contributed by atoms with van der Waals surface area (Å²) in [5.41, 5.74) is 3.03. The van der Waals surface area contributed by atoms with E-state index in [1.807, 2.05) is 55.5 Å². The standard InChI is InChI=1S/C23H25NO2/c1-15(2)19-13-12-16(3)14-22(19)26-17(4)23(25)24-21-11-7-9-18-8-5-6-10-20(18)21/h5-15,17H,1-4H3,(H,24,25)/t17-/m1/s1. The number of hydrogen-bond acceptors (Lipinski definition) is 2. The molecule has 0 aliphatic carbocycles. The minimum absolute atomic E-state index is 0.155. The Morgan fingerprint density at radius 3 is 2.46 bits per heavy atom. The molecule has 3 aromatic carbocycles. The predicted molar refractivity (Wildman–Crippen MR) is 108 cm³/mol. The van der Waals surface area contributed by atoms with Crippen LogP contribution in [0.4, 0.5) is 5.69 Å². The minimum Gasteiger partial charge on any atom is -0.481 e. The van der Waals surface area contributed by atoms with Crippen molar-refractivity contribution in [2.24, 2.45) is 0 Å². The monoisotopic (exact) mass is 347 g/mol. The van der Waals surface area contributed by atoms with Crippen LogP contribution in [0.25, 0.3) is 10.8 Å². The molecule has 3 aromatic rings. The molecule has 0 saturated heterocycles. The van der Waals surface area contributed by atoms with Crippen LogP contribution in [-0.4, -0.2) is 12.0 Å². The summed E-state index contributed by atoms with van der Waals surface area (Å²) < 4.78 is 6.02. The molecule has 0 heterocycles. The Balaban J connectivity index is 1.79. The zero-order valence-electron chi connectivity index (χ0n) is 15.7. The zero-order chi connectivity index (χ0) is 18.7. The second-order valence-electron chi connectivity index (χ2n) is 6.97. The molecule has 3 nitrogen and oxygen atoms in total. The van der Waals surface area contributed by atoms with Gasteiger partial charge in [-0.25, -0.2) is 0 Å². The van der Waals surface area contributed by atoms with Crippen molar-refractivity contribution in [1.82, 2.24) is 0 Å². The van der Waals surface area contributed by atoms with Gasteiger partial charge in [0.2, 0.25) is 0 Å². The molecule has 0 aliphatic heterocycles. The Hall–Kier alpha value is -2.81. The molecule has 26 heavy (non-hydrogen) atoms. The van der Waals surface area contributed by atoms with Gasteiger partial charge in [-0.2, -0.15) is 0 Å². The molecule has 0 saturated carbocycles. The van der Waals surface area contributed by atoms with Gasteiger partial charge in [-0.1, -0.05) is 62.4 Å². The topological polar surface area (TPSA) is 38.3 Å². The largest absolute Gasteiger partial charge is 0.481 e. The van der Waals surface area contributed by atoms with Crippen molar-refractivity contribution >= 4 is 22.4 Å². The van der Waals surface area contributed by atoms with E-state index in [0.29, 0.717) is 5.92 Å². The third-order valence-corrected chi connectivity index (χ3v) is 4.51. The van der Waals surface area contributed by atoms with Gasteiger partial charge < -0.3 is 10.1 Å². The number of fused-ring (bicyclic) bond motifs is 1. The molecule has 0 fully saturated rings. The second-order valence-corrected chi connectivity index (χ2v) is 6.97. The van der Waals surface area contributed by atoms with E-state index in [0.717, 1.165) is 33.3 Å². The number of ether oxygens (including phenoxy) is 1. The molecule has 0 radical (unpaired) electrons. The highest BCUT2D eigenvalue weighted by molar-refractivity contribution is 6.03. The number of hydrogen-bond donors (Lipinski definition) is 1. The first-order valence-electron chi connectivity index (χ1n) is 9.01. The first-order chi connectivity index (χ1) is 12.5. The molecule has 0 unspecified atom stereocenters. The molecule has 0 spiro atoms. The minimum atomic E-state index is -0.590. The van der Waals surface area contributed by atoms with Crippen LogP contribution in [0.5, 0.6) is 5.75 Å². The Morgan fingerprint density at radius 2 is 1.69 bits per heavy atom. The molecule has 1 N–H and O–H groups in total. The van der Waals surface area contributed by atoms with Gasteiger partial charge in [0, 0.05) is 11.1 Å². The molecule has 3 heteroatoms. The van der Waals surface area contributed by atoms with E-state index in [-0.39, 0.29) is 5.91 Å². The number of rotatable bonds is 5. The number of anilines is 1. The molecule has 1 atom stereocenters. The Bertz CT molecular complexity index is 925. The number of amides is 1. The van der Waals surface area contributed by atoms with E-state index in [1.165, 1.54) is 0 Å². The third-order valence-electron chi connectivity index (χ3n) is 4.51. The van der Waals surface area contributed by atoms with Crippen molar-refractivity contribution in [2.45, 2.75) is 39.7 Å². The fourth-order valence-electron chi connectivity index (χ4n) is 3.03. The van der Waals surface area contributed by atoms with Crippen molar-refractivity contribution in [3.8, 4) is 5.75 Å². The quantitative estimate of drug-likeness (QED) is 0.645. The number of aryl methyl sites for hydroxylation is 1. The summed E-state index contributed by atoms with van der Waals surface area (Å²) in [5.74, 6) is 0.956. The lowest BCUT2D eigenvalue weighted by Crippen LogP contribution is -2.30. The zero-order valence-corrected chi connectivity index (χ0v) is 15.7. The van der Waals surface area contributed by atoms with E-state index in [2.05, 4.69) is 31.3 Å². The van der Waals surface area contributed by atoms with E-state index in [1.54, 1.807) is 6.92 Å². The van der Waals surface area contributed by atoms with E-state index < -0.39 is 6.10 Å². The summed E-state index contributed by atoms with van der Waals surface area (Å²) >= 11 is 0. The van der Waals surface area contributed by atoms with Gasteiger partial charge in [-0.15, -0.1) is 0 Å². The van der Waals surface area contributed by atoms with Gasteiger partial charge in [-0.3, -0.25) is 4.79 Å². The number of carbonyl (C=O) groups is 1. The lowest BCUT2D eigenvalue weighted by Gasteiger charge is -2.19. The molecule has 0 bridgehead atoms. The Kier molecular flexibility index (Phi) is 5.27. The van der Waals surface area contributed by atoms with Crippen LogP contribution >= 0.6 is 0 Å². The van der Waals surface area contributed by atoms with Gasteiger partial charge in [0.15, 0.2) is 6.10 Å². The van der Waals surface area contributed by atoms with Crippen molar-refractivity contribution in [2.75, 3.05) is 5.32 Å². The SMILES string of the molecule is Cc1ccc(C(C)C)c(O[C@H](C)C(=O)Nc2cccc3ccccc23)c1. The molecular formula is C23H25NO2. The molecule has 0 aromatic heterocycles. The summed E-state index contributed by atoms with van der Waals surface area (Å²) in [6.45, 7) is 8.06.